The smallest absolute Gasteiger partial charge is 0.217 e. The third-order valence-electron chi connectivity index (χ3n) is 4.28. The van der Waals surface area contributed by atoms with Gasteiger partial charge in [-0.2, -0.15) is 0 Å². The van der Waals surface area contributed by atoms with E-state index in [0.717, 1.165) is 52.3 Å². The van der Waals surface area contributed by atoms with Crippen LogP contribution < -0.4 is 5.73 Å². The SMILES string of the molecule is NC(=O)CCC1CCCN(CCOCC2CCCO2)C1. The Labute approximate surface area is 121 Å². The van der Waals surface area contributed by atoms with Crippen LogP contribution >= 0.6 is 0 Å². The molecule has 0 spiro atoms. The fourth-order valence-electron chi connectivity index (χ4n) is 3.12. The molecule has 0 aromatic rings. The largest absolute Gasteiger partial charge is 0.377 e. The van der Waals surface area contributed by atoms with E-state index in [4.69, 9.17) is 15.2 Å². The van der Waals surface area contributed by atoms with Gasteiger partial charge in [-0.25, -0.2) is 0 Å². The number of hydrogen-bond donors (Lipinski definition) is 1. The second kappa shape index (κ2) is 8.60. The molecule has 116 valence electrons. The first-order valence-electron chi connectivity index (χ1n) is 7.94. The minimum absolute atomic E-state index is 0.179. The van der Waals surface area contributed by atoms with Crippen molar-refractivity contribution in [2.75, 3.05) is 39.5 Å². The number of nitrogens with two attached hydrogens (primary N) is 1. The van der Waals surface area contributed by atoms with Gasteiger partial charge in [-0.15, -0.1) is 0 Å². The summed E-state index contributed by atoms with van der Waals surface area (Å²) >= 11 is 0. The Morgan fingerprint density at radius 2 is 2.25 bits per heavy atom. The van der Waals surface area contributed by atoms with Crippen molar-refractivity contribution >= 4 is 5.91 Å². The Kier molecular flexibility index (Phi) is 6.76. The van der Waals surface area contributed by atoms with Gasteiger partial charge in [-0.1, -0.05) is 0 Å². The average Bonchev–Trinajstić information content (AvgIpc) is 2.95. The predicted molar refractivity (Wildman–Crippen MR) is 77.4 cm³/mol. The molecular formula is C15H28N2O3. The van der Waals surface area contributed by atoms with Gasteiger partial charge in [0.1, 0.15) is 0 Å². The summed E-state index contributed by atoms with van der Waals surface area (Å²) in [5.41, 5.74) is 5.22. The number of hydrogen-bond acceptors (Lipinski definition) is 4. The van der Waals surface area contributed by atoms with Crippen LogP contribution in [0, 0.1) is 5.92 Å². The van der Waals surface area contributed by atoms with Gasteiger partial charge in [0.15, 0.2) is 0 Å². The minimum atomic E-state index is -0.179. The van der Waals surface area contributed by atoms with Crippen LogP contribution in [-0.4, -0.2) is 56.4 Å². The number of likely N-dealkylation sites (tertiary alicyclic amines) is 1. The number of carbonyl (C=O) groups excluding carboxylic acids is 1. The molecular weight excluding hydrogens is 256 g/mol. The average molecular weight is 284 g/mol. The Bertz CT molecular complexity index is 293. The molecule has 2 aliphatic rings. The summed E-state index contributed by atoms with van der Waals surface area (Å²) < 4.78 is 11.2. The molecule has 2 heterocycles. The van der Waals surface area contributed by atoms with Crippen LogP contribution in [0.1, 0.15) is 38.5 Å². The number of ether oxygens (including phenoxy) is 2. The van der Waals surface area contributed by atoms with Crippen molar-refractivity contribution in [1.82, 2.24) is 4.90 Å². The van der Waals surface area contributed by atoms with E-state index in [2.05, 4.69) is 4.90 Å². The highest BCUT2D eigenvalue weighted by molar-refractivity contribution is 5.73. The normalized spacial score (nSPS) is 27.8. The topological polar surface area (TPSA) is 64.8 Å². The molecule has 2 atom stereocenters. The molecule has 1 amide bonds. The summed E-state index contributed by atoms with van der Waals surface area (Å²) in [6, 6.07) is 0. The van der Waals surface area contributed by atoms with Gasteiger partial charge in [0.05, 0.1) is 19.3 Å². The first-order chi connectivity index (χ1) is 9.74. The summed E-state index contributed by atoms with van der Waals surface area (Å²) in [7, 11) is 0. The monoisotopic (exact) mass is 284 g/mol. The van der Waals surface area contributed by atoms with E-state index < -0.39 is 0 Å². The fraction of sp³-hybridized carbons (Fsp3) is 0.933. The Morgan fingerprint density at radius 3 is 3.00 bits per heavy atom. The van der Waals surface area contributed by atoms with Crippen molar-refractivity contribution < 1.29 is 14.3 Å². The molecule has 2 unspecified atom stereocenters. The highest BCUT2D eigenvalue weighted by Crippen LogP contribution is 2.20. The quantitative estimate of drug-likeness (QED) is 0.679. The van der Waals surface area contributed by atoms with Gasteiger partial charge in [-0.3, -0.25) is 4.79 Å². The maximum Gasteiger partial charge on any atom is 0.217 e. The van der Waals surface area contributed by atoms with Crippen molar-refractivity contribution in [2.45, 2.75) is 44.6 Å². The van der Waals surface area contributed by atoms with Crippen LogP contribution in [-0.2, 0) is 14.3 Å². The Morgan fingerprint density at radius 1 is 1.35 bits per heavy atom. The summed E-state index contributed by atoms with van der Waals surface area (Å²) in [6.07, 6.45) is 6.52. The van der Waals surface area contributed by atoms with Crippen molar-refractivity contribution in [3.63, 3.8) is 0 Å². The van der Waals surface area contributed by atoms with Crippen LogP contribution in [0.25, 0.3) is 0 Å². The molecule has 2 rings (SSSR count). The molecule has 2 fully saturated rings. The van der Waals surface area contributed by atoms with E-state index in [-0.39, 0.29) is 5.91 Å². The molecule has 0 bridgehead atoms. The van der Waals surface area contributed by atoms with E-state index in [0.29, 0.717) is 18.4 Å². The van der Waals surface area contributed by atoms with E-state index in [1.165, 1.54) is 19.3 Å². The van der Waals surface area contributed by atoms with Crippen molar-refractivity contribution in [1.29, 1.82) is 0 Å². The van der Waals surface area contributed by atoms with Crippen molar-refractivity contribution in [2.24, 2.45) is 11.7 Å². The number of nitrogens with zero attached hydrogens (tertiary/aromatic N) is 1. The summed E-state index contributed by atoms with van der Waals surface area (Å²) in [5, 5.41) is 0. The lowest BCUT2D eigenvalue weighted by Gasteiger charge is -2.32. The lowest BCUT2D eigenvalue weighted by atomic mass is 9.93. The number of rotatable bonds is 8. The third kappa shape index (κ3) is 5.77. The van der Waals surface area contributed by atoms with Gasteiger partial charge in [0.25, 0.3) is 0 Å². The van der Waals surface area contributed by atoms with E-state index in [9.17, 15) is 4.79 Å². The predicted octanol–water partition coefficient (Wildman–Crippen LogP) is 1.16. The second-order valence-corrected chi connectivity index (χ2v) is 6.02. The third-order valence-corrected chi connectivity index (χ3v) is 4.28. The highest BCUT2D eigenvalue weighted by Gasteiger charge is 2.20. The minimum Gasteiger partial charge on any atom is -0.377 e. The molecule has 0 saturated carbocycles. The molecule has 0 aliphatic carbocycles. The standard InChI is InChI=1S/C15H28N2O3/c16-15(18)6-5-13-3-1-7-17(11-13)8-10-19-12-14-4-2-9-20-14/h13-14H,1-12H2,(H2,16,18). The Hall–Kier alpha value is -0.650. The Balaban J connectivity index is 1.54. The molecule has 0 radical (unpaired) electrons. The van der Waals surface area contributed by atoms with Crippen LogP contribution in [0.5, 0.6) is 0 Å². The maximum absolute atomic E-state index is 10.8. The molecule has 0 aromatic carbocycles. The van der Waals surface area contributed by atoms with Crippen LogP contribution in [0.4, 0.5) is 0 Å². The van der Waals surface area contributed by atoms with E-state index >= 15 is 0 Å². The highest BCUT2D eigenvalue weighted by atomic mass is 16.5. The molecule has 0 aromatic heterocycles. The van der Waals surface area contributed by atoms with E-state index in [1.54, 1.807) is 0 Å². The lowest BCUT2D eigenvalue weighted by Crippen LogP contribution is -2.38. The first kappa shape index (κ1) is 15.7. The zero-order chi connectivity index (χ0) is 14.2. The number of carbonyl (C=O) groups is 1. The van der Waals surface area contributed by atoms with Crippen molar-refractivity contribution in [3.05, 3.63) is 0 Å². The van der Waals surface area contributed by atoms with Crippen LogP contribution in [0.15, 0.2) is 0 Å². The fourth-order valence-corrected chi connectivity index (χ4v) is 3.12. The van der Waals surface area contributed by atoms with Crippen LogP contribution in [0.3, 0.4) is 0 Å². The summed E-state index contributed by atoms with van der Waals surface area (Å²) in [5.74, 6) is 0.441. The zero-order valence-corrected chi connectivity index (χ0v) is 12.4. The van der Waals surface area contributed by atoms with E-state index in [1.807, 2.05) is 0 Å². The number of piperidine rings is 1. The maximum atomic E-state index is 10.8. The van der Waals surface area contributed by atoms with Crippen LogP contribution in [0.2, 0.25) is 0 Å². The lowest BCUT2D eigenvalue weighted by molar-refractivity contribution is -0.118. The zero-order valence-electron chi connectivity index (χ0n) is 12.4. The van der Waals surface area contributed by atoms with Gasteiger partial charge in [0, 0.05) is 26.1 Å². The summed E-state index contributed by atoms with van der Waals surface area (Å²) in [4.78, 5) is 13.3. The molecule has 5 heteroatoms. The van der Waals surface area contributed by atoms with Gasteiger partial charge < -0.3 is 20.1 Å². The molecule has 2 N–H and O–H groups in total. The molecule has 20 heavy (non-hydrogen) atoms. The van der Waals surface area contributed by atoms with Gasteiger partial charge in [0.2, 0.25) is 5.91 Å². The van der Waals surface area contributed by atoms with Gasteiger partial charge >= 0.3 is 0 Å². The summed E-state index contributed by atoms with van der Waals surface area (Å²) in [6.45, 7) is 5.62. The second-order valence-electron chi connectivity index (χ2n) is 6.02. The molecule has 2 saturated heterocycles. The van der Waals surface area contributed by atoms with Crippen molar-refractivity contribution in [3.8, 4) is 0 Å². The first-order valence-corrected chi connectivity index (χ1v) is 7.94. The number of amides is 1. The molecule has 5 nitrogen and oxygen atoms in total. The molecule has 2 aliphatic heterocycles. The van der Waals surface area contributed by atoms with Gasteiger partial charge in [-0.05, 0) is 44.6 Å². The number of primary amides is 1.